The lowest BCUT2D eigenvalue weighted by Gasteiger charge is -2.12. The van der Waals surface area contributed by atoms with Gasteiger partial charge in [0.15, 0.2) is 5.75 Å². The minimum Gasteiger partial charge on any atom is -0.340 e. The third-order valence-corrected chi connectivity index (χ3v) is 3.15. The first kappa shape index (κ1) is 9.53. The fourth-order valence-corrected chi connectivity index (χ4v) is 2.39. The summed E-state index contributed by atoms with van der Waals surface area (Å²) in [5.41, 5.74) is 1.15. The SMILES string of the molecule is CC1CCC(c2ccccc2OO)C1. The molecule has 0 amide bonds. The molecule has 1 aromatic rings. The van der Waals surface area contributed by atoms with Gasteiger partial charge in [0.25, 0.3) is 0 Å². The van der Waals surface area contributed by atoms with Crippen LogP contribution in [0.5, 0.6) is 5.75 Å². The third-order valence-electron chi connectivity index (χ3n) is 3.15. The first-order valence-corrected chi connectivity index (χ1v) is 5.21. The van der Waals surface area contributed by atoms with E-state index in [9.17, 15) is 0 Å². The van der Waals surface area contributed by atoms with E-state index in [1.54, 1.807) is 0 Å². The normalized spacial score (nSPS) is 26.4. The van der Waals surface area contributed by atoms with E-state index in [1.807, 2.05) is 24.3 Å². The van der Waals surface area contributed by atoms with Crippen molar-refractivity contribution in [2.75, 3.05) is 0 Å². The molecular formula is C12H16O2. The van der Waals surface area contributed by atoms with Gasteiger partial charge in [0, 0.05) is 5.56 Å². The van der Waals surface area contributed by atoms with Gasteiger partial charge in [-0.1, -0.05) is 31.5 Å². The van der Waals surface area contributed by atoms with Crippen LogP contribution in [0.15, 0.2) is 24.3 Å². The van der Waals surface area contributed by atoms with Gasteiger partial charge in [0.1, 0.15) is 0 Å². The van der Waals surface area contributed by atoms with Crippen molar-refractivity contribution >= 4 is 0 Å². The minimum atomic E-state index is 0.563. The van der Waals surface area contributed by atoms with Crippen LogP contribution in [0.1, 0.15) is 37.7 Å². The Morgan fingerprint density at radius 3 is 2.71 bits per heavy atom. The van der Waals surface area contributed by atoms with Gasteiger partial charge in [-0.15, -0.1) is 0 Å². The molecule has 0 saturated heterocycles. The van der Waals surface area contributed by atoms with Crippen LogP contribution in [0.4, 0.5) is 0 Å². The van der Waals surface area contributed by atoms with Crippen molar-refractivity contribution in [1.82, 2.24) is 0 Å². The molecule has 0 bridgehead atoms. The zero-order chi connectivity index (χ0) is 9.97. The predicted molar refractivity (Wildman–Crippen MR) is 55.5 cm³/mol. The number of hydrogen-bond acceptors (Lipinski definition) is 2. The molecule has 1 fully saturated rings. The van der Waals surface area contributed by atoms with Gasteiger partial charge in [-0.2, -0.15) is 0 Å². The second-order valence-corrected chi connectivity index (χ2v) is 4.24. The molecule has 2 nitrogen and oxygen atoms in total. The molecular weight excluding hydrogens is 176 g/mol. The van der Waals surface area contributed by atoms with Crippen LogP contribution in [0.25, 0.3) is 0 Å². The summed E-state index contributed by atoms with van der Waals surface area (Å²) >= 11 is 0. The van der Waals surface area contributed by atoms with Crippen molar-refractivity contribution in [3.05, 3.63) is 29.8 Å². The fraction of sp³-hybridized carbons (Fsp3) is 0.500. The maximum absolute atomic E-state index is 8.74. The average molecular weight is 192 g/mol. The molecule has 1 N–H and O–H groups in total. The average Bonchev–Trinajstić information content (AvgIpc) is 2.65. The molecule has 0 spiro atoms. The van der Waals surface area contributed by atoms with Gasteiger partial charge in [-0.3, -0.25) is 0 Å². The first-order valence-electron chi connectivity index (χ1n) is 5.21. The first-order chi connectivity index (χ1) is 6.81. The monoisotopic (exact) mass is 192 g/mol. The minimum absolute atomic E-state index is 0.563. The Bertz CT molecular complexity index is 309. The lowest BCUT2D eigenvalue weighted by atomic mass is 9.96. The van der Waals surface area contributed by atoms with E-state index < -0.39 is 0 Å². The Balaban J connectivity index is 2.22. The number of rotatable bonds is 2. The molecule has 1 saturated carbocycles. The van der Waals surface area contributed by atoms with Crippen molar-refractivity contribution in [2.45, 2.75) is 32.1 Å². The molecule has 76 valence electrons. The lowest BCUT2D eigenvalue weighted by Crippen LogP contribution is -1.97. The second kappa shape index (κ2) is 4.01. The molecule has 0 radical (unpaired) electrons. The summed E-state index contributed by atoms with van der Waals surface area (Å²) < 4.78 is 0. The topological polar surface area (TPSA) is 29.5 Å². The molecule has 2 heteroatoms. The van der Waals surface area contributed by atoms with Crippen LogP contribution >= 0.6 is 0 Å². The Kier molecular flexibility index (Phi) is 2.73. The smallest absolute Gasteiger partial charge is 0.168 e. The molecule has 0 aromatic heterocycles. The van der Waals surface area contributed by atoms with Crippen molar-refractivity contribution in [1.29, 1.82) is 0 Å². The van der Waals surface area contributed by atoms with Gasteiger partial charge in [-0.25, -0.2) is 5.26 Å². The van der Waals surface area contributed by atoms with Crippen LogP contribution in [0, 0.1) is 5.92 Å². The molecule has 1 aliphatic carbocycles. The molecule has 1 aromatic carbocycles. The van der Waals surface area contributed by atoms with E-state index in [2.05, 4.69) is 11.8 Å². The molecule has 14 heavy (non-hydrogen) atoms. The number of benzene rings is 1. The van der Waals surface area contributed by atoms with Crippen LogP contribution in [-0.4, -0.2) is 5.26 Å². The standard InChI is InChI=1S/C12H16O2/c1-9-6-7-10(8-9)11-4-2-3-5-12(11)14-13/h2-5,9-10,13H,6-8H2,1H3. The van der Waals surface area contributed by atoms with Gasteiger partial charge < -0.3 is 4.89 Å². The highest BCUT2D eigenvalue weighted by atomic mass is 17.1. The van der Waals surface area contributed by atoms with Crippen LogP contribution in [0.3, 0.4) is 0 Å². The van der Waals surface area contributed by atoms with E-state index in [-0.39, 0.29) is 0 Å². The largest absolute Gasteiger partial charge is 0.340 e. The van der Waals surface area contributed by atoms with Gasteiger partial charge in [0.05, 0.1) is 0 Å². The maximum Gasteiger partial charge on any atom is 0.168 e. The Hall–Kier alpha value is -1.02. The van der Waals surface area contributed by atoms with E-state index in [0.29, 0.717) is 11.7 Å². The third kappa shape index (κ3) is 1.75. The molecule has 2 unspecified atom stereocenters. The van der Waals surface area contributed by atoms with Crippen molar-refractivity contribution < 1.29 is 10.1 Å². The zero-order valence-electron chi connectivity index (χ0n) is 8.44. The summed E-state index contributed by atoms with van der Waals surface area (Å²) in [5.74, 6) is 1.98. The summed E-state index contributed by atoms with van der Waals surface area (Å²) in [4.78, 5) is 4.39. The molecule has 2 rings (SSSR count). The molecule has 2 atom stereocenters. The Morgan fingerprint density at radius 1 is 1.29 bits per heavy atom. The number of hydrogen-bond donors (Lipinski definition) is 1. The molecule has 0 heterocycles. The maximum atomic E-state index is 8.74. The van der Waals surface area contributed by atoms with Crippen molar-refractivity contribution in [3.63, 3.8) is 0 Å². The summed E-state index contributed by atoms with van der Waals surface area (Å²) in [5, 5.41) is 8.74. The van der Waals surface area contributed by atoms with E-state index in [1.165, 1.54) is 19.3 Å². The lowest BCUT2D eigenvalue weighted by molar-refractivity contribution is -0.138. The molecule has 0 aliphatic heterocycles. The van der Waals surface area contributed by atoms with E-state index in [4.69, 9.17) is 5.26 Å². The highest BCUT2D eigenvalue weighted by Crippen LogP contribution is 2.41. The quantitative estimate of drug-likeness (QED) is 0.574. The van der Waals surface area contributed by atoms with Crippen LogP contribution in [-0.2, 0) is 0 Å². The van der Waals surface area contributed by atoms with Gasteiger partial charge in [-0.05, 0) is 30.7 Å². The fourth-order valence-electron chi connectivity index (χ4n) is 2.39. The number of para-hydroxylation sites is 1. The van der Waals surface area contributed by atoms with E-state index in [0.717, 1.165) is 11.5 Å². The summed E-state index contributed by atoms with van der Waals surface area (Å²) in [7, 11) is 0. The van der Waals surface area contributed by atoms with Crippen LogP contribution in [0.2, 0.25) is 0 Å². The van der Waals surface area contributed by atoms with Crippen molar-refractivity contribution in [3.8, 4) is 5.75 Å². The zero-order valence-corrected chi connectivity index (χ0v) is 8.44. The Morgan fingerprint density at radius 2 is 2.07 bits per heavy atom. The van der Waals surface area contributed by atoms with Gasteiger partial charge >= 0.3 is 0 Å². The summed E-state index contributed by atoms with van der Waals surface area (Å²) in [6.45, 7) is 2.28. The predicted octanol–water partition coefficient (Wildman–Crippen LogP) is 3.44. The van der Waals surface area contributed by atoms with E-state index >= 15 is 0 Å². The van der Waals surface area contributed by atoms with Gasteiger partial charge in [0.2, 0.25) is 0 Å². The molecule has 1 aliphatic rings. The highest BCUT2D eigenvalue weighted by molar-refractivity contribution is 5.36. The summed E-state index contributed by atoms with van der Waals surface area (Å²) in [6, 6.07) is 7.75. The Labute approximate surface area is 84.5 Å². The summed E-state index contributed by atoms with van der Waals surface area (Å²) in [6.07, 6.45) is 3.70. The highest BCUT2D eigenvalue weighted by Gasteiger charge is 2.25. The van der Waals surface area contributed by atoms with Crippen molar-refractivity contribution in [2.24, 2.45) is 5.92 Å². The second-order valence-electron chi connectivity index (χ2n) is 4.24. The van der Waals surface area contributed by atoms with Crippen LogP contribution < -0.4 is 4.89 Å².